The molecule has 0 aliphatic rings. The monoisotopic (exact) mass is 206 g/mol. The van der Waals surface area contributed by atoms with Crippen molar-refractivity contribution in [3.05, 3.63) is 29.8 Å². The van der Waals surface area contributed by atoms with E-state index in [4.69, 9.17) is 0 Å². The quantitative estimate of drug-likeness (QED) is 0.793. The van der Waals surface area contributed by atoms with Crippen molar-refractivity contribution in [3.8, 4) is 0 Å². The zero-order valence-electron chi connectivity index (χ0n) is 9.50. The van der Waals surface area contributed by atoms with Crippen LogP contribution in [0.25, 0.3) is 0 Å². The Bertz CT molecular complexity index is 317. The van der Waals surface area contributed by atoms with Gasteiger partial charge in [-0.3, -0.25) is 4.79 Å². The number of nitrogens with one attached hydrogen (secondary N) is 2. The third kappa shape index (κ3) is 3.62. The summed E-state index contributed by atoms with van der Waals surface area (Å²) in [5.74, 6) is -0.0198. The largest absolute Gasteiger partial charge is 0.383 e. The van der Waals surface area contributed by atoms with Crippen LogP contribution in [0, 0.1) is 0 Å². The summed E-state index contributed by atoms with van der Waals surface area (Å²) >= 11 is 0. The summed E-state index contributed by atoms with van der Waals surface area (Å²) in [6.45, 7) is 6.73. The molecule has 0 aromatic heterocycles. The van der Waals surface area contributed by atoms with Gasteiger partial charge in [0.1, 0.15) is 0 Å². The van der Waals surface area contributed by atoms with Crippen molar-refractivity contribution in [2.75, 3.05) is 11.9 Å². The molecule has 0 spiro atoms. The molecule has 0 heterocycles. The lowest BCUT2D eigenvalue weighted by Crippen LogP contribution is -2.22. The Morgan fingerprint density at radius 1 is 1.27 bits per heavy atom. The van der Waals surface area contributed by atoms with E-state index in [9.17, 15) is 4.79 Å². The summed E-state index contributed by atoms with van der Waals surface area (Å²) < 4.78 is 0. The molecule has 0 atom stereocenters. The van der Waals surface area contributed by atoms with Crippen molar-refractivity contribution in [2.24, 2.45) is 0 Å². The maximum absolute atomic E-state index is 11.4. The van der Waals surface area contributed by atoms with Crippen molar-refractivity contribution < 1.29 is 4.79 Å². The summed E-state index contributed by atoms with van der Waals surface area (Å²) in [5.41, 5.74) is 1.74. The second-order valence-electron chi connectivity index (χ2n) is 3.74. The molecule has 0 fully saturated rings. The maximum atomic E-state index is 11.4. The fourth-order valence-corrected chi connectivity index (χ4v) is 1.31. The van der Waals surface area contributed by atoms with E-state index in [0.717, 1.165) is 5.69 Å². The molecule has 0 radical (unpaired) electrons. The first kappa shape index (κ1) is 11.6. The number of amides is 1. The first-order valence-electron chi connectivity index (χ1n) is 5.28. The Hall–Kier alpha value is -1.51. The van der Waals surface area contributed by atoms with Gasteiger partial charge in [0, 0.05) is 23.8 Å². The second kappa shape index (κ2) is 5.39. The van der Waals surface area contributed by atoms with Crippen LogP contribution in [-0.4, -0.2) is 18.5 Å². The van der Waals surface area contributed by atoms with Crippen molar-refractivity contribution in [1.82, 2.24) is 5.32 Å². The molecule has 3 heteroatoms. The molecule has 1 aromatic rings. The van der Waals surface area contributed by atoms with Gasteiger partial charge in [-0.1, -0.05) is 0 Å². The average Bonchev–Trinajstić information content (AvgIpc) is 2.18. The SMILES string of the molecule is CCNC(=O)c1ccc(NC(C)C)cc1. The summed E-state index contributed by atoms with van der Waals surface area (Å²) in [4.78, 5) is 11.4. The van der Waals surface area contributed by atoms with Crippen LogP contribution in [0.3, 0.4) is 0 Å². The zero-order valence-corrected chi connectivity index (χ0v) is 9.50. The molecule has 0 saturated heterocycles. The molecule has 2 N–H and O–H groups in total. The fraction of sp³-hybridized carbons (Fsp3) is 0.417. The van der Waals surface area contributed by atoms with Crippen LogP contribution in [0.15, 0.2) is 24.3 Å². The number of carbonyl (C=O) groups excluding carboxylic acids is 1. The molecule has 15 heavy (non-hydrogen) atoms. The summed E-state index contributed by atoms with van der Waals surface area (Å²) in [7, 11) is 0. The molecule has 0 saturated carbocycles. The molecule has 0 bridgehead atoms. The van der Waals surface area contributed by atoms with E-state index in [1.165, 1.54) is 0 Å². The molecular weight excluding hydrogens is 188 g/mol. The second-order valence-corrected chi connectivity index (χ2v) is 3.74. The summed E-state index contributed by atoms with van der Waals surface area (Å²) in [6.07, 6.45) is 0. The third-order valence-corrected chi connectivity index (χ3v) is 1.94. The molecule has 0 aliphatic carbocycles. The van der Waals surface area contributed by atoms with Crippen LogP contribution >= 0.6 is 0 Å². The lowest BCUT2D eigenvalue weighted by Gasteiger charge is -2.10. The Kier molecular flexibility index (Phi) is 4.16. The predicted octanol–water partition coefficient (Wildman–Crippen LogP) is 2.26. The van der Waals surface area contributed by atoms with Gasteiger partial charge in [0.05, 0.1) is 0 Å². The Balaban J connectivity index is 2.67. The number of carbonyl (C=O) groups is 1. The van der Waals surface area contributed by atoms with Gasteiger partial charge in [-0.25, -0.2) is 0 Å². The van der Waals surface area contributed by atoms with Crippen LogP contribution in [0.1, 0.15) is 31.1 Å². The zero-order chi connectivity index (χ0) is 11.3. The minimum absolute atomic E-state index is 0.0198. The highest BCUT2D eigenvalue weighted by molar-refractivity contribution is 5.94. The van der Waals surface area contributed by atoms with Gasteiger partial charge in [0.15, 0.2) is 0 Å². The average molecular weight is 206 g/mol. The molecule has 0 aliphatic heterocycles. The minimum atomic E-state index is -0.0198. The number of hydrogen-bond donors (Lipinski definition) is 2. The van der Waals surface area contributed by atoms with Crippen LogP contribution in [-0.2, 0) is 0 Å². The van der Waals surface area contributed by atoms with E-state index in [2.05, 4.69) is 24.5 Å². The predicted molar refractivity (Wildman–Crippen MR) is 63.2 cm³/mol. The van der Waals surface area contributed by atoms with Crippen LogP contribution in [0.5, 0.6) is 0 Å². The van der Waals surface area contributed by atoms with Crippen LogP contribution in [0.4, 0.5) is 5.69 Å². The van der Waals surface area contributed by atoms with Gasteiger partial charge in [-0.2, -0.15) is 0 Å². The molecule has 1 rings (SSSR count). The number of benzene rings is 1. The molecular formula is C12H18N2O. The van der Waals surface area contributed by atoms with Gasteiger partial charge >= 0.3 is 0 Å². The molecule has 1 aromatic carbocycles. The van der Waals surface area contributed by atoms with Crippen molar-refractivity contribution in [2.45, 2.75) is 26.8 Å². The van der Waals surface area contributed by atoms with E-state index in [-0.39, 0.29) is 5.91 Å². The molecule has 82 valence electrons. The smallest absolute Gasteiger partial charge is 0.251 e. The summed E-state index contributed by atoms with van der Waals surface area (Å²) in [5, 5.41) is 6.03. The van der Waals surface area contributed by atoms with Crippen molar-refractivity contribution >= 4 is 11.6 Å². The lowest BCUT2D eigenvalue weighted by molar-refractivity contribution is 0.0956. The molecule has 3 nitrogen and oxygen atoms in total. The van der Waals surface area contributed by atoms with Gasteiger partial charge in [-0.15, -0.1) is 0 Å². The van der Waals surface area contributed by atoms with Gasteiger partial charge in [0.25, 0.3) is 5.91 Å². The standard InChI is InChI=1S/C12H18N2O/c1-4-13-12(15)10-5-7-11(8-6-10)14-9(2)3/h5-9,14H,4H2,1-3H3,(H,13,15). The molecule has 1 amide bonds. The topological polar surface area (TPSA) is 41.1 Å². The first-order chi connectivity index (χ1) is 7.13. The van der Waals surface area contributed by atoms with Crippen molar-refractivity contribution in [3.63, 3.8) is 0 Å². The number of hydrogen-bond acceptors (Lipinski definition) is 2. The summed E-state index contributed by atoms with van der Waals surface area (Å²) in [6, 6.07) is 7.90. The van der Waals surface area contributed by atoms with Crippen molar-refractivity contribution in [1.29, 1.82) is 0 Å². The van der Waals surface area contributed by atoms with E-state index in [1.807, 2.05) is 31.2 Å². The minimum Gasteiger partial charge on any atom is -0.383 e. The lowest BCUT2D eigenvalue weighted by atomic mass is 10.2. The number of rotatable bonds is 4. The highest BCUT2D eigenvalue weighted by atomic mass is 16.1. The fourth-order valence-electron chi connectivity index (χ4n) is 1.31. The van der Waals surface area contributed by atoms with Gasteiger partial charge < -0.3 is 10.6 Å². The Morgan fingerprint density at radius 3 is 2.33 bits per heavy atom. The normalized spacial score (nSPS) is 10.1. The number of anilines is 1. The maximum Gasteiger partial charge on any atom is 0.251 e. The van der Waals surface area contributed by atoms with E-state index in [0.29, 0.717) is 18.2 Å². The van der Waals surface area contributed by atoms with E-state index < -0.39 is 0 Å². The Morgan fingerprint density at radius 2 is 1.87 bits per heavy atom. The third-order valence-electron chi connectivity index (χ3n) is 1.94. The van der Waals surface area contributed by atoms with Crippen LogP contribution in [0.2, 0.25) is 0 Å². The van der Waals surface area contributed by atoms with E-state index >= 15 is 0 Å². The van der Waals surface area contributed by atoms with Gasteiger partial charge in [-0.05, 0) is 45.0 Å². The van der Waals surface area contributed by atoms with Gasteiger partial charge in [0.2, 0.25) is 0 Å². The first-order valence-corrected chi connectivity index (χ1v) is 5.28. The highest BCUT2D eigenvalue weighted by Gasteiger charge is 2.03. The molecule has 0 unspecified atom stereocenters. The van der Waals surface area contributed by atoms with Crippen LogP contribution < -0.4 is 10.6 Å². The Labute approximate surface area is 90.9 Å². The van der Waals surface area contributed by atoms with E-state index in [1.54, 1.807) is 0 Å². The highest BCUT2D eigenvalue weighted by Crippen LogP contribution is 2.10.